The molecule has 0 aromatic carbocycles. The molecular formula is C8H12F2N4O3S. The molecule has 1 rings (SSSR count). The molecule has 0 saturated heterocycles. The Kier molecular flexibility index (Phi) is 5.31. The van der Waals surface area contributed by atoms with Gasteiger partial charge in [-0.3, -0.25) is 0 Å². The monoisotopic (exact) mass is 282 g/mol. The van der Waals surface area contributed by atoms with Crippen LogP contribution in [0.5, 0.6) is 0 Å². The molecule has 0 atom stereocenters. The molecule has 7 nitrogen and oxygen atoms in total. The number of nitrogen functional groups attached to an aromatic ring is 1. The van der Waals surface area contributed by atoms with Gasteiger partial charge in [0, 0.05) is 6.54 Å². The van der Waals surface area contributed by atoms with E-state index in [9.17, 15) is 17.2 Å². The van der Waals surface area contributed by atoms with Gasteiger partial charge in [-0.2, -0.15) is 0 Å². The van der Waals surface area contributed by atoms with Crippen molar-refractivity contribution in [3.05, 3.63) is 12.4 Å². The molecule has 3 N–H and O–H groups in total. The fraction of sp³-hybridized carbons (Fsp3) is 0.500. The lowest BCUT2D eigenvalue weighted by molar-refractivity contribution is 0.0199. The maximum absolute atomic E-state index is 11.7. The minimum Gasteiger partial charge on any atom is -0.374 e. The predicted octanol–water partition coefficient (Wildman–Crippen LogP) is -0.381. The number of aromatic nitrogens is 2. The van der Waals surface area contributed by atoms with Crippen LogP contribution in [0.15, 0.2) is 17.3 Å². The topological polar surface area (TPSA) is 107 Å². The largest absolute Gasteiger partial charge is 0.374 e. The van der Waals surface area contributed by atoms with E-state index in [4.69, 9.17) is 5.73 Å². The van der Waals surface area contributed by atoms with Crippen LogP contribution in [0.25, 0.3) is 0 Å². The molecule has 0 amide bonds. The zero-order chi connectivity index (χ0) is 13.6. The third-order valence-electron chi connectivity index (χ3n) is 1.74. The Labute approximate surface area is 102 Å². The average Bonchev–Trinajstić information content (AvgIpc) is 2.28. The molecule has 102 valence electrons. The van der Waals surface area contributed by atoms with Gasteiger partial charge in [-0.25, -0.2) is 31.9 Å². The summed E-state index contributed by atoms with van der Waals surface area (Å²) >= 11 is 0. The Morgan fingerprint density at radius 3 is 2.56 bits per heavy atom. The predicted molar refractivity (Wildman–Crippen MR) is 58.5 cm³/mol. The molecule has 10 heteroatoms. The van der Waals surface area contributed by atoms with Crippen LogP contribution in [0, 0.1) is 0 Å². The van der Waals surface area contributed by atoms with Crippen LogP contribution in [0.4, 0.5) is 14.7 Å². The number of halogens is 2. The highest BCUT2D eigenvalue weighted by molar-refractivity contribution is 7.89. The summed E-state index contributed by atoms with van der Waals surface area (Å²) in [4.78, 5) is 6.90. The highest BCUT2D eigenvalue weighted by Crippen LogP contribution is 2.05. The molecule has 0 radical (unpaired) electrons. The number of hydrogen-bond acceptors (Lipinski definition) is 6. The van der Waals surface area contributed by atoms with Crippen molar-refractivity contribution in [2.75, 3.05) is 25.5 Å². The Balaban J connectivity index is 2.43. The summed E-state index contributed by atoms with van der Waals surface area (Å²) in [5.41, 5.74) is 5.21. The summed E-state index contributed by atoms with van der Waals surface area (Å²) in [6.07, 6.45) is -0.484. The number of ether oxygens (including phenoxy) is 1. The lowest BCUT2D eigenvalue weighted by Gasteiger charge is -2.06. The highest BCUT2D eigenvalue weighted by Gasteiger charge is 2.14. The van der Waals surface area contributed by atoms with Crippen LogP contribution in [0.2, 0.25) is 0 Å². The van der Waals surface area contributed by atoms with E-state index in [1.807, 2.05) is 0 Å². The van der Waals surface area contributed by atoms with Gasteiger partial charge in [0.25, 0.3) is 6.43 Å². The Bertz CT molecular complexity index is 466. The summed E-state index contributed by atoms with van der Waals surface area (Å²) < 4.78 is 53.3. The van der Waals surface area contributed by atoms with Gasteiger partial charge in [0.1, 0.15) is 11.5 Å². The fourth-order valence-electron chi connectivity index (χ4n) is 0.969. The van der Waals surface area contributed by atoms with E-state index in [0.717, 1.165) is 12.4 Å². The van der Waals surface area contributed by atoms with Gasteiger partial charge >= 0.3 is 0 Å². The molecule has 0 aliphatic carbocycles. The summed E-state index contributed by atoms with van der Waals surface area (Å²) in [5, 5.41) is 0. The molecule has 0 bridgehead atoms. The molecule has 1 aromatic rings. The van der Waals surface area contributed by atoms with Gasteiger partial charge in [-0.1, -0.05) is 0 Å². The normalized spacial score (nSPS) is 11.9. The lowest BCUT2D eigenvalue weighted by Crippen LogP contribution is -2.28. The molecule has 1 aromatic heterocycles. The van der Waals surface area contributed by atoms with Crippen LogP contribution >= 0.6 is 0 Å². The molecular weight excluding hydrogens is 270 g/mol. The average molecular weight is 282 g/mol. The number of anilines is 1. The first-order valence-corrected chi connectivity index (χ1v) is 6.33. The minimum absolute atomic E-state index is 0.0470. The van der Waals surface area contributed by atoms with Crippen molar-refractivity contribution in [3.63, 3.8) is 0 Å². The number of sulfonamides is 1. The minimum atomic E-state index is -3.78. The van der Waals surface area contributed by atoms with Gasteiger partial charge in [-0.15, -0.1) is 0 Å². The smallest absolute Gasteiger partial charge is 0.261 e. The first-order valence-electron chi connectivity index (χ1n) is 4.85. The van der Waals surface area contributed by atoms with Crippen molar-refractivity contribution in [1.29, 1.82) is 0 Å². The Hall–Kier alpha value is -1.39. The second-order valence-electron chi connectivity index (χ2n) is 3.14. The quantitative estimate of drug-likeness (QED) is 0.660. The lowest BCUT2D eigenvalue weighted by atomic mass is 10.7. The molecule has 0 spiro atoms. The Morgan fingerprint density at radius 2 is 2.00 bits per heavy atom. The van der Waals surface area contributed by atoms with Crippen molar-refractivity contribution in [1.82, 2.24) is 14.7 Å². The van der Waals surface area contributed by atoms with Gasteiger partial charge in [0.2, 0.25) is 16.0 Å². The summed E-state index contributed by atoms with van der Waals surface area (Å²) in [7, 11) is -3.78. The first kappa shape index (κ1) is 14.7. The SMILES string of the molecule is Nc1ncc(S(=O)(=O)NCCOCC(F)F)cn1. The fourth-order valence-corrected chi connectivity index (χ4v) is 1.87. The number of nitrogens with two attached hydrogens (primary N) is 1. The molecule has 0 saturated carbocycles. The van der Waals surface area contributed by atoms with Crippen LogP contribution in [0.3, 0.4) is 0 Å². The van der Waals surface area contributed by atoms with Crippen molar-refractivity contribution < 1.29 is 21.9 Å². The summed E-state index contributed by atoms with van der Waals surface area (Å²) in [6, 6.07) is 0. The molecule has 0 aliphatic rings. The van der Waals surface area contributed by atoms with Gasteiger partial charge in [0.15, 0.2) is 0 Å². The van der Waals surface area contributed by atoms with E-state index in [0.29, 0.717) is 0 Å². The van der Waals surface area contributed by atoms with Crippen molar-refractivity contribution in [2.45, 2.75) is 11.3 Å². The molecule has 0 unspecified atom stereocenters. The van der Waals surface area contributed by atoms with E-state index < -0.39 is 23.1 Å². The number of rotatable bonds is 7. The highest BCUT2D eigenvalue weighted by atomic mass is 32.2. The van der Waals surface area contributed by atoms with Crippen LogP contribution < -0.4 is 10.5 Å². The second kappa shape index (κ2) is 6.52. The maximum Gasteiger partial charge on any atom is 0.261 e. The van der Waals surface area contributed by atoms with Gasteiger partial charge in [0.05, 0.1) is 19.0 Å². The van der Waals surface area contributed by atoms with E-state index in [-0.39, 0.29) is 24.0 Å². The van der Waals surface area contributed by atoms with E-state index in [1.54, 1.807) is 0 Å². The number of nitrogens with one attached hydrogen (secondary N) is 1. The first-order chi connectivity index (χ1) is 8.42. The van der Waals surface area contributed by atoms with Crippen molar-refractivity contribution >= 4 is 16.0 Å². The van der Waals surface area contributed by atoms with Crippen molar-refractivity contribution in [2.24, 2.45) is 0 Å². The third kappa shape index (κ3) is 4.85. The number of alkyl halides is 2. The van der Waals surface area contributed by atoms with E-state index in [2.05, 4.69) is 19.4 Å². The molecule has 1 heterocycles. The zero-order valence-corrected chi connectivity index (χ0v) is 10.0. The van der Waals surface area contributed by atoms with Gasteiger partial charge in [-0.05, 0) is 0 Å². The van der Waals surface area contributed by atoms with Crippen LogP contribution in [0.1, 0.15) is 0 Å². The molecule has 18 heavy (non-hydrogen) atoms. The van der Waals surface area contributed by atoms with Crippen LogP contribution in [-0.2, 0) is 14.8 Å². The van der Waals surface area contributed by atoms with Crippen molar-refractivity contribution in [3.8, 4) is 0 Å². The summed E-state index contributed by atoms with van der Waals surface area (Å²) in [5.74, 6) is -0.0470. The van der Waals surface area contributed by atoms with Gasteiger partial charge < -0.3 is 10.5 Å². The second-order valence-corrected chi connectivity index (χ2v) is 4.91. The molecule has 0 aliphatic heterocycles. The Morgan fingerprint density at radius 1 is 1.39 bits per heavy atom. The standard InChI is InChI=1S/C8H12F2N4O3S/c9-7(10)5-17-2-1-14-18(15,16)6-3-12-8(11)13-4-6/h3-4,7,14H,1-2,5H2,(H2,11,12,13). The zero-order valence-electron chi connectivity index (χ0n) is 9.21. The van der Waals surface area contributed by atoms with E-state index in [1.165, 1.54) is 0 Å². The maximum atomic E-state index is 11.7. The van der Waals surface area contributed by atoms with Crippen LogP contribution in [-0.4, -0.2) is 44.6 Å². The molecule has 0 fully saturated rings. The summed E-state index contributed by atoms with van der Waals surface area (Å²) in [6.45, 7) is -1.01. The number of hydrogen-bond donors (Lipinski definition) is 2. The number of nitrogens with zero attached hydrogens (tertiary/aromatic N) is 2. The third-order valence-corrected chi connectivity index (χ3v) is 3.16. The van der Waals surface area contributed by atoms with E-state index >= 15 is 0 Å².